The zero-order chi connectivity index (χ0) is 14.5. The van der Waals surface area contributed by atoms with Gasteiger partial charge in [0.25, 0.3) is 0 Å². The molecule has 0 radical (unpaired) electrons. The van der Waals surface area contributed by atoms with E-state index < -0.39 is 22.7 Å². The number of thioether (sulfide) groups is 1. The quantitative estimate of drug-likeness (QED) is 0.709. The number of urea groups is 1. The van der Waals surface area contributed by atoms with Gasteiger partial charge in [-0.25, -0.2) is 4.79 Å². The smallest absolute Gasteiger partial charge is 0.321 e. The molecule has 1 aliphatic carbocycles. The second-order valence-corrected chi connectivity index (χ2v) is 6.71. The zero-order valence-corrected chi connectivity index (χ0v) is 12.0. The van der Waals surface area contributed by atoms with E-state index in [0.717, 1.165) is 37.4 Å². The molecule has 1 aliphatic rings. The fourth-order valence-electron chi connectivity index (χ4n) is 1.76. The van der Waals surface area contributed by atoms with Gasteiger partial charge in [0, 0.05) is 6.04 Å². The number of carboxylic acids is 1. The normalized spacial score (nSPS) is 16.1. The third-order valence-electron chi connectivity index (χ3n) is 3.02. The van der Waals surface area contributed by atoms with Crippen LogP contribution in [0.25, 0.3) is 0 Å². The zero-order valence-electron chi connectivity index (χ0n) is 11.2. The molecule has 0 bridgehead atoms. The fourth-order valence-corrected chi connectivity index (χ4v) is 2.45. The van der Waals surface area contributed by atoms with E-state index in [0.29, 0.717) is 0 Å². The fraction of sp³-hybridized carbons (Fsp3) is 0.750. The summed E-state index contributed by atoms with van der Waals surface area (Å²) in [5.41, 5.74) is 0. The number of aliphatic carboxylic acids is 1. The lowest BCUT2D eigenvalue weighted by Crippen LogP contribution is -2.44. The number of carbonyl (C=O) groups is 3. The SMILES string of the molecule is CC(C)(SCC(=O)NC(=O)NC1CCCC1)C(=O)O. The summed E-state index contributed by atoms with van der Waals surface area (Å²) in [7, 11) is 0. The van der Waals surface area contributed by atoms with E-state index in [1.54, 1.807) is 0 Å². The topological polar surface area (TPSA) is 95.5 Å². The first kappa shape index (κ1) is 15.8. The molecule has 0 unspecified atom stereocenters. The number of amides is 3. The highest BCUT2D eigenvalue weighted by Crippen LogP contribution is 2.24. The maximum Gasteiger partial charge on any atom is 0.321 e. The van der Waals surface area contributed by atoms with Crippen molar-refractivity contribution >= 4 is 29.7 Å². The summed E-state index contributed by atoms with van der Waals surface area (Å²) in [5.74, 6) is -1.52. The Balaban J connectivity index is 2.26. The Morgan fingerprint density at radius 2 is 1.84 bits per heavy atom. The van der Waals surface area contributed by atoms with E-state index in [-0.39, 0.29) is 11.8 Å². The molecule has 3 amide bonds. The van der Waals surface area contributed by atoms with Crippen LogP contribution in [0.15, 0.2) is 0 Å². The van der Waals surface area contributed by atoms with Gasteiger partial charge < -0.3 is 10.4 Å². The largest absolute Gasteiger partial charge is 0.480 e. The number of carbonyl (C=O) groups excluding carboxylic acids is 2. The summed E-state index contributed by atoms with van der Waals surface area (Å²) < 4.78 is -1.04. The summed E-state index contributed by atoms with van der Waals surface area (Å²) in [5, 5.41) is 13.8. The van der Waals surface area contributed by atoms with E-state index in [9.17, 15) is 14.4 Å². The van der Waals surface area contributed by atoms with Crippen molar-refractivity contribution in [3.05, 3.63) is 0 Å². The van der Waals surface area contributed by atoms with Crippen molar-refractivity contribution < 1.29 is 19.5 Å². The minimum atomic E-state index is -1.04. The van der Waals surface area contributed by atoms with Crippen molar-refractivity contribution in [2.24, 2.45) is 0 Å². The second kappa shape index (κ2) is 6.79. The van der Waals surface area contributed by atoms with Crippen molar-refractivity contribution in [2.75, 3.05) is 5.75 Å². The number of rotatable bonds is 5. The Kier molecular flexibility index (Phi) is 5.65. The first-order valence-corrected chi connectivity index (χ1v) is 7.27. The van der Waals surface area contributed by atoms with Gasteiger partial charge in [-0.1, -0.05) is 12.8 Å². The lowest BCUT2D eigenvalue weighted by atomic mass is 10.2. The van der Waals surface area contributed by atoms with Crippen LogP contribution in [0.1, 0.15) is 39.5 Å². The van der Waals surface area contributed by atoms with Gasteiger partial charge in [0.15, 0.2) is 0 Å². The standard InChI is InChI=1S/C12H20N2O4S/c1-12(2,10(16)17)19-7-9(15)14-11(18)13-8-5-3-4-6-8/h8H,3-7H2,1-2H3,(H,16,17)(H2,13,14,15,18). The maximum atomic E-state index is 11.5. The van der Waals surface area contributed by atoms with Gasteiger partial charge >= 0.3 is 12.0 Å². The summed E-state index contributed by atoms with van der Waals surface area (Å²) in [4.78, 5) is 33.9. The molecule has 6 nitrogen and oxygen atoms in total. The van der Waals surface area contributed by atoms with Gasteiger partial charge in [-0.15, -0.1) is 11.8 Å². The van der Waals surface area contributed by atoms with Crippen LogP contribution in [-0.2, 0) is 9.59 Å². The van der Waals surface area contributed by atoms with Crippen LogP contribution in [0.3, 0.4) is 0 Å². The Bertz CT molecular complexity index is 365. The molecule has 3 N–H and O–H groups in total. The van der Waals surface area contributed by atoms with Crippen LogP contribution in [0.2, 0.25) is 0 Å². The molecule has 1 rings (SSSR count). The minimum Gasteiger partial charge on any atom is -0.480 e. The van der Waals surface area contributed by atoms with Crippen molar-refractivity contribution in [1.29, 1.82) is 0 Å². The third kappa shape index (κ3) is 5.50. The lowest BCUT2D eigenvalue weighted by Gasteiger charge is -2.18. The van der Waals surface area contributed by atoms with E-state index in [4.69, 9.17) is 5.11 Å². The number of nitrogens with one attached hydrogen (secondary N) is 2. The lowest BCUT2D eigenvalue weighted by molar-refractivity contribution is -0.138. The van der Waals surface area contributed by atoms with Crippen molar-refractivity contribution in [3.63, 3.8) is 0 Å². The van der Waals surface area contributed by atoms with Gasteiger partial charge in [0.05, 0.1) is 5.75 Å². The van der Waals surface area contributed by atoms with Gasteiger partial charge in [-0.2, -0.15) is 0 Å². The van der Waals surface area contributed by atoms with Gasteiger partial charge in [0.2, 0.25) is 5.91 Å². The minimum absolute atomic E-state index is 0.0581. The summed E-state index contributed by atoms with van der Waals surface area (Å²) in [6, 6.07) is -0.346. The number of hydrogen-bond donors (Lipinski definition) is 3. The molecule has 1 fully saturated rings. The molecule has 0 atom stereocenters. The molecule has 19 heavy (non-hydrogen) atoms. The molecule has 0 aromatic carbocycles. The molecule has 0 saturated heterocycles. The molecular weight excluding hydrogens is 268 g/mol. The van der Waals surface area contributed by atoms with Crippen molar-refractivity contribution in [1.82, 2.24) is 10.6 Å². The van der Waals surface area contributed by atoms with Crippen LogP contribution in [0, 0.1) is 0 Å². The van der Waals surface area contributed by atoms with E-state index >= 15 is 0 Å². The highest BCUT2D eigenvalue weighted by molar-refractivity contribution is 8.01. The van der Waals surface area contributed by atoms with Gasteiger partial charge in [-0.3, -0.25) is 14.9 Å². The van der Waals surface area contributed by atoms with Crippen LogP contribution < -0.4 is 10.6 Å². The number of hydrogen-bond acceptors (Lipinski definition) is 4. The molecule has 108 valence electrons. The maximum absolute atomic E-state index is 11.5. The molecule has 1 saturated carbocycles. The molecule has 0 aliphatic heterocycles. The van der Waals surface area contributed by atoms with Crippen LogP contribution >= 0.6 is 11.8 Å². The van der Waals surface area contributed by atoms with Crippen LogP contribution in [0.5, 0.6) is 0 Å². The highest BCUT2D eigenvalue weighted by Gasteiger charge is 2.28. The van der Waals surface area contributed by atoms with Crippen molar-refractivity contribution in [2.45, 2.75) is 50.3 Å². The van der Waals surface area contributed by atoms with Crippen LogP contribution in [0.4, 0.5) is 4.79 Å². The molecular formula is C12H20N2O4S. The third-order valence-corrected chi connectivity index (χ3v) is 4.33. The second-order valence-electron chi connectivity index (χ2n) is 5.11. The molecule has 0 aromatic heterocycles. The first-order valence-electron chi connectivity index (χ1n) is 6.29. The Morgan fingerprint density at radius 3 is 2.37 bits per heavy atom. The van der Waals surface area contributed by atoms with Crippen LogP contribution in [-0.4, -0.2) is 39.6 Å². The summed E-state index contributed by atoms with van der Waals surface area (Å²) >= 11 is 0.988. The van der Waals surface area contributed by atoms with E-state index in [2.05, 4.69) is 10.6 Å². The van der Waals surface area contributed by atoms with Crippen molar-refractivity contribution in [3.8, 4) is 0 Å². The first-order chi connectivity index (χ1) is 8.81. The average Bonchev–Trinajstić information content (AvgIpc) is 2.78. The number of carboxylic acid groups (broad SMARTS) is 1. The summed E-state index contributed by atoms with van der Waals surface area (Å²) in [6.07, 6.45) is 4.09. The molecule has 0 heterocycles. The van der Waals surface area contributed by atoms with E-state index in [1.807, 2.05) is 0 Å². The Labute approximate surface area is 116 Å². The highest BCUT2D eigenvalue weighted by atomic mass is 32.2. The monoisotopic (exact) mass is 288 g/mol. The Morgan fingerprint density at radius 1 is 1.26 bits per heavy atom. The average molecular weight is 288 g/mol. The predicted molar refractivity (Wildman–Crippen MR) is 73.1 cm³/mol. The molecule has 0 aromatic rings. The Hall–Kier alpha value is -1.24. The molecule has 7 heteroatoms. The summed E-state index contributed by atoms with van der Waals surface area (Å²) in [6.45, 7) is 3.04. The van der Waals surface area contributed by atoms with Gasteiger partial charge in [0.1, 0.15) is 4.75 Å². The predicted octanol–water partition coefficient (Wildman–Crippen LogP) is 1.35. The number of imide groups is 1. The van der Waals surface area contributed by atoms with E-state index in [1.165, 1.54) is 13.8 Å². The van der Waals surface area contributed by atoms with Gasteiger partial charge in [-0.05, 0) is 26.7 Å². The molecule has 0 spiro atoms.